The fraction of sp³-hybridized carbons (Fsp3) is 1.00. The lowest BCUT2D eigenvalue weighted by atomic mass is 10.6. The highest BCUT2D eigenvalue weighted by Crippen LogP contribution is 1.92. The van der Waals surface area contributed by atoms with Crippen LogP contribution in [0, 0.1) is 0 Å². The molecule has 0 aromatic heterocycles. The molecule has 68 valence electrons. The van der Waals surface area contributed by atoms with Gasteiger partial charge in [-0.1, -0.05) is 0 Å². The summed E-state index contributed by atoms with van der Waals surface area (Å²) in [7, 11) is -7.41. The maximum Gasteiger partial charge on any atom is 0.147 e. The van der Waals surface area contributed by atoms with Crippen LogP contribution in [0.15, 0.2) is 0 Å². The maximum absolute atomic E-state index is 10.4. The Bertz CT molecular complexity index is 265. The molecule has 0 amide bonds. The molecule has 0 bridgehead atoms. The first-order valence-corrected chi connectivity index (χ1v) is 6.46. The molecule has 0 N–H and O–H groups in total. The zero-order chi connectivity index (χ0) is 9.12. The van der Waals surface area contributed by atoms with Gasteiger partial charge in [-0.25, -0.2) is 16.8 Å². The van der Waals surface area contributed by atoms with Crippen molar-refractivity contribution in [3.8, 4) is 0 Å². The van der Waals surface area contributed by atoms with E-state index in [1.54, 1.807) is 0 Å². The molecule has 0 saturated carbocycles. The zero-order valence-electron chi connectivity index (χ0n) is 5.98. The molecule has 0 heterocycles. The summed E-state index contributed by atoms with van der Waals surface area (Å²) in [5.74, 6) is -0.867. The molecule has 5 nitrogen and oxygen atoms in total. The molecular formula is C4H9O5S2-. The van der Waals surface area contributed by atoms with Crippen LogP contribution in [-0.4, -0.2) is 39.1 Å². The van der Waals surface area contributed by atoms with Crippen LogP contribution in [0.1, 0.15) is 6.42 Å². The highest BCUT2D eigenvalue weighted by Gasteiger charge is 2.03. The van der Waals surface area contributed by atoms with E-state index in [9.17, 15) is 21.4 Å². The van der Waals surface area contributed by atoms with Gasteiger partial charge < -0.3 is 4.55 Å². The molecule has 0 aliphatic carbocycles. The first-order valence-electron chi connectivity index (χ1n) is 2.82. The lowest BCUT2D eigenvalue weighted by Crippen LogP contribution is -2.10. The Kier molecular flexibility index (Phi) is 3.46. The van der Waals surface area contributed by atoms with Gasteiger partial charge in [0.25, 0.3) is 0 Å². The largest absolute Gasteiger partial charge is 0.748 e. The second kappa shape index (κ2) is 3.51. The molecule has 0 spiro atoms. The molecule has 0 rings (SSSR count). The van der Waals surface area contributed by atoms with E-state index in [1.807, 2.05) is 0 Å². The molecule has 0 aromatic rings. The zero-order valence-corrected chi connectivity index (χ0v) is 7.61. The number of hydrogen-bond acceptors (Lipinski definition) is 5. The fourth-order valence-corrected chi connectivity index (χ4v) is 1.85. The van der Waals surface area contributed by atoms with Crippen LogP contribution in [0.5, 0.6) is 0 Å². The van der Waals surface area contributed by atoms with Gasteiger partial charge in [-0.15, -0.1) is 0 Å². The molecule has 0 aliphatic rings. The van der Waals surface area contributed by atoms with Gasteiger partial charge in [-0.05, 0) is 6.42 Å². The number of rotatable bonds is 4. The molecule has 0 aromatic carbocycles. The monoisotopic (exact) mass is 201 g/mol. The predicted molar refractivity (Wildman–Crippen MR) is 38.9 cm³/mol. The number of hydrogen-bond donors (Lipinski definition) is 0. The van der Waals surface area contributed by atoms with Gasteiger partial charge in [-0.3, -0.25) is 0 Å². The molecule has 0 atom stereocenters. The van der Waals surface area contributed by atoms with Crippen LogP contribution in [0.4, 0.5) is 0 Å². The van der Waals surface area contributed by atoms with Crippen molar-refractivity contribution in [3.05, 3.63) is 0 Å². The molecular weight excluding hydrogens is 192 g/mol. The van der Waals surface area contributed by atoms with E-state index in [2.05, 4.69) is 0 Å². The summed E-state index contributed by atoms with van der Waals surface area (Å²) >= 11 is 0. The lowest BCUT2D eigenvalue weighted by Gasteiger charge is -2.04. The molecule has 0 aliphatic heterocycles. The second-order valence-corrected chi connectivity index (χ2v) is 6.03. The minimum absolute atomic E-state index is 0.120. The summed E-state index contributed by atoms with van der Waals surface area (Å²) < 4.78 is 50.7. The van der Waals surface area contributed by atoms with Crippen LogP contribution in [0.25, 0.3) is 0 Å². The molecule has 0 saturated heterocycles. The van der Waals surface area contributed by atoms with Gasteiger partial charge >= 0.3 is 0 Å². The van der Waals surface area contributed by atoms with Gasteiger partial charge in [0, 0.05) is 12.0 Å². The molecule has 0 radical (unpaired) electrons. The third-order valence-corrected chi connectivity index (χ3v) is 2.73. The Morgan fingerprint density at radius 3 is 1.82 bits per heavy atom. The molecule has 0 fully saturated rings. The van der Waals surface area contributed by atoms with Crippen molar-refractivity contribution in [2.75, 3.05) is 17.8 Å². The molecule has 7 heteroatoms. The van der Waals surface area contributed by atoms with Gasteiger partial charge in [-0.2, -0.15) is 0 Å². The lowest BCUT2D eigenvalue weighted by molar-refractivity contribution is 0.462. The second-order valence-electron chi connectivity index (χ2n) is 2.25. The van der Waals surface area contributed by atoms with Crippen molar-refractivity contribution < 1.29 is 21.4 Å². The van der Waals surface area contributed by atoms with E-state index in [0.29, 0.717) is 0 Å². The highest BCUT2D eigenvalue weighted by atomic mass is 32.2. The van der Waals surface area contributed by atoms with Crippen molar-refractivity contribution in [3.63, 3.8) is 0 Å². The Morgan fingerprint density at radius 2 is 1.55 bits per heavy atom. The topological polar surface area (TPSA) is 91.3 Å². The normalized spacial score (nSPS) is 13.3. The molecule has 11 heavy (non-hydrogen) atoms. The summed E-state index contributed by atoms with van der Waals surface area (Å²) in [6, 6.07) is 0. The van der Waals surface area contributed by atoms with Crippen LogP contribution in [-0.2, 0) is 20.0 Å². The fourth-order valence-electron chi connectivity index (χ4n) is 0.498. The minimum Gasteiger partial charge on any atom is -0.748 e. The van der Waals surface area contributed by atoms with E-state index in [4.69, 9.17) is 0 Å². The summed E-state index contributed by atoms with van der Waals surface area (Å²) in [6.07, 6.45) is 0.870. The van der Waals surface area contributed by atoms with Crippen molar-refractivity contribution in [2.45, 2.75) is 6.42 Å². The predicted octanol–water partition coefficient (Wildman–Crippen LogP) is -1.03. The van der Waals surface area contributed by atoms with E-state index in [-0.39, 0.29) is 12.2 Å². The van der Waals surface area contributed by atoms with E-state index >= 15 is 0 Å². The van der Waals surface area contributed by atoms with Gasteiger partial charge in [0.15, 0.2) is 0 Å². The van der Waals surface area contributed by atoms with Crippen molar-refractivity contribution in [1.29, 1.82) is 0 Å². The van der Waals surface area contributed by atoms with E-state index in [0.717, 1.165) is 6.26 Å². The van der Waals surface area contributed by atoms with Gasteiger partial charge in [0.05, 0.1) is 15.9 Å². The smallest absolute Gasteiger partial charge is 0.147 e. The Hall–Kier alpha value is -0.140. The Balaban J connectivity index is 3.79. The third kappa shape index (κ3) is 9.86. The first-order chi connectivity index (χ1) is 4.71. The molecule has 0 unspecified atom stereocenters. The van der Waals surface area contributed by atoms with Crippen LogP contribution in [0.3, 0.4) is 0 Å². The first kappa shape index (κ1) is 10.9. The van der Waals surface area contributed by atoms with E-state index < -0.39 is 25.7 Å². The quantitative estimate of drug-likeness (QED) is 0.542. The maximum atomic E-state index is 10.4. The standard InChI is InChI=1S/C4H10O5S2/c1-10(5,6)3-2-4-11(7,8)9/h2-4H2,1H3,(H,7,8,9)/p-1. The number of sulfone groups is 1. The van der Waals surface area contributed by atoms with Crippen molar-refractivity contribution >= 4 is 20.0 Å². The minimum atomic E-state index is -4.26. The summed E-state index contributed by atoms with van der Waals surface area (Å²) in [5, 5.41) is 0. The highest BCUT2D eigenvalue weighted by molar-refractivity contribution is 7.90. The summed E-state index contributed by atoms with van der Waals surface area (Å²) in [4.78, 5) is 0. The van der Waals surface area contributed by atoms with Crippen molar-refractivity contribution in [1.82, 2.24) is 0 Å². The summed E-state index contributed by atoms with van der Waals surface area (Å²) in [6.45, 7) is 0. The van der Waals surface area contributed by atoms with Crippen LogP contribution < -0.4 is 0 Å². The van der Waals surface area contributed by atoms with E-state index in [1.165, 1.54) is 0 Å². The third-order valence-electron chi connectivity index (χ3n) is 0.909. The average molecular weight is 201 g/mol. The van der Waals surface area contributed by atoms with Crippen LogP contribution >= 0.6 is 0 Å². The van der Waals surface area contributed by atoms with Crippen LogP contribution in [0.2, 0.25) is 0 Å². The van der Waals surface area contributed by atoms with Gasteiger partial charge in [0.2, 0.25) is 0 Å². The SMILES string of the molecule is CS(=O)(=O)CCCS(=O)(=O)[O-]. The van der Waals surface area contributed by atoms with Crippen molar-refractivity contribution in [2.24, 2.45) is 0 Å². The average Bonchev–Trinajstić information content (AvgIpc) is 1.55. The Labute approximate surface area is 66.1 Å². The summed E-state index contributed by atoms with van der Waals surface area (Å²) in [5.41, 5.74) is 0. The Morgan fingerprint density at radius 1 is 1.09 bits per heavy atom. The van der Waals surface area contributed by atoms with Gasteiger partial charge in [0.1, 0.15) is 9.84 Å².